The number of aryl methyl sites for hydroxylation is 3. The third-order valence-corrected chi connectivity index (χ3v) is 4.16. The van der Waals surface area contributed by atoms with Crippen LogP contribution in [0.3, 0.4) is 0 Å². The van der Waals surface area contributed by atoms with Crippen molar-refractivity contribution >= 4 is 27.6 Å². The van der Waals surface area contributed by atoms with E-state index in [1.807, 2.05) is 51.1 Å². The molecule has 0 saturated carbocycles. The Morgan fingerprint density at radius 3 is 2.43 bits per heavy atom. The van der Waals surface area contributed by atoms with E-state index < -0.39 is 0 Å². The van der Waals surface area contributed by atoms with Gasteiger partial charge in [0, 0.05) is 10.2 Å². The standard InChI is InChI=1S/C18H21BrN2O2/c1-12-8-13(2)10-16(9-12)23-7-6-20-18(22)21-15-4-5-17(19)14(3)11-15/h4-5,8-11H,6-7H2,1-3H3,(H2,20,21,22). The van der Waals surface area contributed by atoms with Gasteiger partial charge in [-0.3, -0.25) is 0 Å². The Bertz CT molecular complexity index is 681. The molecule has 0 aliphatic heterocycles. The van der Waals surface area contributed by atoms with Crippen molar-refractivity contribution in [3.8, 4) is 5.75 Å². The number of hydrogen-bond donors (Lipinski definition) is 2. The Morgan fingerprint density at radius 2 is 1.78 bits per heavy atom. The van der Waals surface area contributed by atoms with Gasteiger partial charge in [-0.15, -0.1) is 0 Å². The lowest BCUT2D eigenvalue weighted by Gasteiger charge is -2.11. The number of carbonyl (C=O) groups is 1. The first-order valence-corrected chi connectivity index (χ1v) is 8.25. The van der Waals surface area contributed by atoms with Crippen molar-refractivity contribution in [3.63, 3.8) is 0 Å². The van der Waals surface area contributed by atoms with Gasteiger partial charge in [0.15, 0.2) is 0 Å². The van der Waals surface area contributed by atoms with E-state index in [0.717, 1.165) is 32.6 Å². The summed E-state index contributed by atoms with van der Waals surface area (Å²) in [6.07, 6.45) is 0. The Balaban J connectivity index is 1.75. The molecule has 0 aliphatic rings. The van der Waals surface area contributed by atoms with Crippen molar-refractivity contribution < 1.29 is 9.53 Å². The molecule has 0 saturated heterocycles. The minimum absolute atomic E-state index is 0.240. The molecule has 0 aliphatic carbocycles. The second kappa shape index (κ2) is 8.02. The van der Waals surface area contributed by atoms with Crippen LogP contribution < -0.4 is 15.4 Å². The van der Waals surface area contributed by atoms with E-state index in [0.29, 0.717) is 13.2 Å². The zero-order valence-electron chi connectivity index (χ0n) is 13.6. The number of benzene rings is 2. The molecule has 2 rings (SSSR count). The van der Waals surface area contributed by atoms with Crippen LogP contribution in [0, 0.1) is 20.8 Å². The highest BCUT2D eigenvalue weighted by molar-refractivity contribution is 9.10. The molecule has 0 fully saturated rings. The number of nitrogens with one attached hydrogen (secondary N) is 2. The van der Waals surface area contributed by atoms with Crippen LogP contribution in [0.4, 0.5) is 10.5 Å². The van der Waals surface area contributed by atoms with Crippen molar-refractivity contribution in [2.24, 2.45) is 0 Å². The molecule has 2 aromatic carbocycles. The topological polar surface area (TPSA) is 50.4 Å². The lowest BCUT2D eigenvalue weighted by atomic mass is 10.1. The maximum atomic E-state index is 11.8. The smallest absolute Gasteiger partial charge is 0.319 e. The fourth-order valence-electron chi connectivity index (χ4n) is 2.25. The zero-order chi connectivity index (χ0) is 16.8. The van der Waals surface area contributed by atoms with Gasteiger partial charge in [-0.2, -0.15) is 0 Å². The van der Waals surface area contributed by atoms with Crippen molar-refractivity contribution in [1.82, 2.24) is 5.32 Å². The molecule has 5 heteroatoms. The molecule has 0 unspecified atom stereocenters. The molecule has 2 N–H and O–H groups in total. The molecule has 0 atom stereocenters. The van der Waals surface area contributed by atoms with Crippen LogP contribution in [0.25, 0.3) is 0 Å². The van der Waals surface area contributed by atoms with Gasteiger partial charge in [0.2, 0.25) is 0 Å². The van der Waals surface area contributed by atoms with Crippen LogP contribution in [0.5, 0.6) is 5.75 Å². The molecule has 0 aromatic heterocycles. The third kappa shape index (κ3) is 5.60. The highest BCUT2D eigenvalue weighted by atomic mass is 79.9. The predicted octanol–water partition coefficient (Wildman–Crippen LogP) is 4.57. The van der Waals surface area contributed by atoms with Gasteiger partial charge in [0.25, 0.3) is 0 Å². The molecular formula is C18H21BrN2O2. The minimum atomic E-state index is -0.240. The van der Waals surface area contributed by atoms with Gasteiger partial charge in [-0.25, -0.2) is 4.79 Å². The number of ether oxygens (including phenoxy) is 1. The fraction of sp³-hybridized carbons (Fsp3) is 0.278. The van der Waals surface area contributed by atoms with Gasteiger partial charge in [0.1, 0.15) is 12.4 Å². The molecule has 0 bridgehead atoms. The summed E-state index contributed by atoms with van der Waals surface area (Å²) in [5.41, 5.74) is 4.16. The Hall–Kier alpha value is -2.01. The van der Waals surface area contributed by atoms with Crippen LogP contribution in [0.15, 0.2) is 40.9 Å². The molecule has 0 spiro atoms. The predicted molar refractivity (Wildman–Crippen MR) is 97.3 cm³/mol. The Labute approximate surface area is 145 Å². The largest absolute Gasteiger partial charge is 0.492 e. The van der Waals surface area contributed by atoms with Crippen molar-refractivity contribution in [2.75, 3.05) is 18.5 Å². The average molecular weight is 377 g/mol. The van der Waals surface area contributed by atoms with Crippen molar-refractivity contribution in [2.45, 2.75) is 20.8 Å². The van der Waals surface area contributed by atoms with Gasteiger partial charge in [-0.05, 0) is 67.8 Å². The normalized spacial score (nSPS) is 10.3. The average Bonchev–Trinajstić information content (AvgIpc) is 2.46. The second-order valence-corrected chi connectivity index (χ2v) is 6.37. The summed E-state index contributed by atoms with van der Waals surface area (Å²) < 4.78 is 6.67. The van der Waals surface area contributed by atoms with E-state index in [-0.39, 0.29) is 6.03 Å². The molecular weight excluding hydrogens is 356 g/mol. The summed E-state index contributed by atoms with van der Waals surface area (Å²) in [5.74, 6) is 0.827. The molecule has 2 aromatic rings. The number of amides is 2. The van der Waals surface area contributed by atoms with Crippen LogP contribution in [0.2, 0.25) is 0 Å². The van der Waals surface area contributed by atoms with Crippen LogP contribution in [0.1, 0.15) is 16.7 Å². The molecule has 4 nitrogen and oxygen atoms in total. The van der Waals surface area contributed by atoms with Gasteiger partial charge in [-0.1, -0.05) is 22.0 Å². The summed E-state index contributed by atoms with van der Waals surface area (Å²) in [5, 5.41) is 5.58. The van der Waals surface area contributed by atoms with Gasteiger partial charge in [0.05, 0.1) is 6.54 Å². The first-order chi connectivity index (χ1) is 10.9. The fourth-order valence-corrected chi connectivity index (χ4v) is 2.49. The number of urea groups is 1. The first-order valence-electron chi connectivity index (χ1n) is 7.46. The summed E-state index contributed by atoms with van der Waals surface area (Å²) >= 11 is 3.43. The summed E-state index contributed by atoms with van der Waals surface area (Å²) in [4.78, 5) is 11.8. The molecule has 0 radical (unpaired) electrons. The third-order valence-electron chi connectivity index (χ3n) is 3.27. The number of rotatable bonds is 5. The number of anilines is 1. The quantitative estimate of drug-likeness (QED) is 0.750. The Kier molecular flexibility index (Phi) is 6.04. The Morgan fingerprint density at radius 1 is 1.09 bits per heavy atom. The van der Waals surface area contributed by atoms with E-state index in [9.17, 15) is 4.79 Å². The molecule has 122 valence electrons. The van der Waals surface area contributed by atoms with E-state index in [2.05, 4.69) is 32.6 Å². The SMILES string of the molecule is Cc1cc(C)cc(OCCNC(=O)Nc2ccc(Br)c(C)c2)c1. The molecule has 0 heterocycles. The summed E-state index contributed by atoms with van der Waals surface area (Å²) in [6.45, 7) is 6.91. The summed E-state index contributed by atoms with van der Waals surface area (Å²) in [6, 6.07) is 11.5. The number of carbonyl (C=O) groups excluding carboxylic acids is 1. The van der Waals surface area contributed by atoms with Crippen LogP contribution >= 0.6 is 15.9 Å². The van der Waals surface area contributed by atoms with Crippen molar-refractivity contribution in [1.29, 1.82) is 0 Å². The monoisotopic (exact) mass is 376 g/mol. The number of halogens is 1. The van der Waals surface area contributed by atoms with Crippen LogP contribution in [-0.2, 0) is 0 Å². The van der Waals surface area contributed by atoms with E-state index in [4.69, 9.17) is 4.74 Å². The summed E-state index contributed by atoms with van der Waals surface area (Å²) in [7, 11) is 0. The highest BCUT2D eigenvalue weighted by Crippen LogP contribution is 2.20. The first kappa shape index (κ1) is 17.3. The number of hydrogen-bond acceptors (Lipinski definition) is 2. The van der Waals surface area contributed by atoms with Crippen molar-refractivity contribution in [3.05, 3.63) is 57.6 Å². The minimum Gasteiger partial charge on any atom is -0.492 e. The van der Waals surface area contributed by atoms with E-state index in [1.165, 1.54) is 0 Å². The zero-order valence-corrected chi connectivity index (χ0v) is 15.2. The van der Waals surface area contributed by atoms with E-state index >= 15 is 0 Å². The van der Waals surface area contributed by atoms with Gasteiger partial charge >= 0.3 is 6.03 Å². The van der Waals surface area contributed by atoms with Gasteiger partial charge < -0.3 is 15.4 Å². The maximum absolute atomic E-state index is 11.8. The lowest BCUT2D eigenvalue weighted by molar-refractivity contribution is 0.247. The van der Waals surface area contributed by atoms with E-state index in [1.54, 1.807) is 0 Å². The molecule has 23 heavy (non-hydrogen) atoms. The highest BCUT2D eigenvalue weighted by Gasteiger charge is 2.03. The molecule has 2 amide bonds. The second-order valence-electron chi connectivity index (χ2n) is 5.52. The maximum Gasteiger partial charge on any atom is 0.319 e. The lowest BCUT2D eigenvalue weighted by Crippen LogP contribution is -2.32. The van der Waals surface area contributed by atoms with Crippen LogP contribution in [-0.4, -0.2) is 19.2 Å².